The van der Waals surface area contributed by atoms with Crippen molar-refractivity contribution in [1.29, 1.82) is 0 Å². The number of fused-ring (bicyclic) bond motifs is 1. The number of nitrogens with zero attached hydrogens (tertiary/aromatic N) is 3. The summed E-state index contributed by atoms with van der Waals surface area (Å²) < 4.78 is 7.25. The highest BCUT2D eigenvalue weighted by Crippen LogP contribution is 2.33. The van der Waals surface area contributed by atoms with Crippen molar-refractivity contribution in [3.8, 4) is 0 Å². The van der Waals surface area contributed by atoms with Crippen LogP contribution in [0.4, 0.5) is 5.82 Å². The third-order valence-corrected chi connectivity index (χ3v) is 3.24. The summed E-state index contributed by atoms with van der Waals surface area (Å²) in [6.07, 6.45) is 0.306. The van der Waals surface area contributed by atoms with Gasteiger partial charge < -0.3 is 20.7 Å². The number of hydrogen-bond donors (Lipinski definition) is 3. The number of aliphatic hydroxyl groups excluding tert-OH is 2. The summed E-state index contributed by atoms with van der Waals surface area (Å²) in [7, 11) is 0. The minimum Gasteiger partial charge on any atom is -0.394 e. The van der Waals surface area contributed by atoms with Gasteiger partial charge in [-0.15, -0.1) is 0 Å². The zero-order valence-corrected chi connectivity index (χ0v) is 9.60. The van der Waals surface area contributed by atoms with E-state index in [1.54, 1.807) is 4.52 Å². The number of nitrogens with two attached hydrogens (primary N) is 1. The first-order chi connectivity index (χ1) is 8.70. The normalized spacial score (nSPS) is 28.0. The van der Waals surface area contributed by atoms with Gasteiger partial charge >= 0.3 is 0 Å². The molecule has 96 valence electrons. The average Bonchev–Trinajstić information content (AvgIpc) is 2.93. The molecule has 3 rings (SSSR count). The summed E-state index contributed by atoms with van der Waals surface area (Å²) in [5, 5.41) is 22.9. The summed E-state index contributed by atoms with van der Waals surface area (Å²) in [6, 6.07) is 3.66. The molecule has 1 unspecified atom stereocenters. The number of rotatable bonds is 2. The van der Waals surface area contributed by atoms with Crippen LogP contribution in [0.15, 0.2) is 18.5 Å². The number of hydrogen-bond acceptors (Lipinski definition) is 6. The van der Waals surface area contributed by atoms with Crippen LogP contribution in [0.1, 0.15) is 18.2 Å². The van der Waals surface area contributed by atoms with Crippen LogP contribution in [0.2, 0.25) is 0 Å². The molecule has 7 heteroatoms. The summed E-state index contributed by atoms with van der Waals surface area (Å²) >= 11 is 0. The highest BCUT2D eigenvalue weighted by molar-refractivity contribution is 5.65. The SMILES string of the molecule is Nc1ncnn2c(C3C[C@H](O)[C@@H](CO)O3)ccc12. The molecule has 0 spiro atoms. The minimum atomic E-state index is -0.662. The van der Waals surface area contributed by atoms with E-state index in [0.29, 0.717) is 17.8 Å². The molecule has 1 aliphatic rings. The monoisotopic (exact) mass is 250 g/mol. The summed E-state index contributed by atoms with van der Waals surface area (Å²) in [5.74, 6) is 0.397. The van der Waals surface area contributed by atoms with Crippen LogP contribution in [-0.4, -0.2) is 43.6 Å². The van der Waals surface area contributed by atoms with E-state index in [1.807, 2.05) is 12.1 Å². The van der Waals surface area contributed by atoms with E-state index in [1.165, 1.54) is 6.33 Å². The van der Waals surface area contributed by atoms with E-state index >= 15 is 0 Å². The lowest BCUT2D eigenvalue weighted by atomic mass is 10.1. The van der Waals surface area contributed by atoms with Crippen LogP contribution in [0, 0.1) is 0 Å². The first kappa shape index (κ1) is 11.4. The average molecular weight is 250 g/mol. The molecule has 1 fully saturated rings. The summed E-state index contributed by atoms with van der Waals surface area (Å²) in [5.41, 5.74) is 7.25. The maximum Gasteiger partial charge on any atom is 0.151 e. The van der Waals surface area contributed by atoms with Crippen LogP contribution in [0.5, 0.6) is 0 Å². The lowest BCUT2D eigenvalue weighted by molar-refractivity contribution is -0.0239. The maximum atomic E-state index is 9.73. The smallest absolute Gasteiger partial charge is 0.151 e. The Bertz CT molecular complexity index is 570. The number of aromatic nitrogens is 3. The molecule has 7 nitrogen and oxygen atoms in total. The topological polar surface area (TPSA) is 106 Å². The standard InChI is InChI=1S/C11H14N4O3/c12-11-7-2-1-6(15(7)14-5-13-11)9-3-8(17)10(4-16)18-9/h1-2,5,8-10,16-17H,3-4H2,(H2,12,13,14)/t8-,9?,10+/m0/s1. The van der Waals surface area contributed by atoms with Crippen molar-refractivity contribution in [2.75, 3.05) is 12.3 Å². The number of anilines is 1. The van der Waals surface area contributed by atoms with Gasteiger partial charge in [0, 0.05) is 6.42 Å². The van der Waals surface area contributed by atoms with Crippen molar-refractivity contribution < 1.29 is 14.9 Å². The van der Waals surface area contributed by atoms with E-state index in [9.17, 15) is 5.11 Å². The molecule has 2 aromatic rings. The second-order valence-corrected chi connectivity index (χ2v) is 4.35. The van der Waals surface area contributed by atoms with Crippen molar-refractivity contribution in [3.63, 3.8) is 0 Å². The Balaban J connectivity index is 1.99. The lowest BCUT2D eigenvalue weighted by Gasteiger charge is -2.11. The van der Waals surface area contributed by atoms with Gasteiger partial charge in [0.1, 0.15) is 24.1 Å². The van der Waals surface area contributed by atoms with Gasteiger partial charge in [0.15, 0.2) is 5.82 Å². The Kier molecular flexibility index (Phi) is 2.66. The van der Waals surface area contributed by atoms with Crippen LogP contribution in [0.3, 0.4) is 0 Å². The number of aliphatic hydroxyl groups is 2. The van der Waals surface area contributed by atoms with Gasteiger partial charge in [-0.25, -0.2) is 9.50 Å². The van der Waals surface area contributed by atoms with Crippen molar-refractivity contribution in [2.24, 2.45) is 0 Å². The van der Waals surface area contributed by atoms with Crippen molar-refractivity contribution in [2.45, 2.75) is 24.7 Å². The van der Waals surface area contributed by atoms with Gasteiger partial charge in [-0.05, 0) is 12.1 Å². The molecular weight excluding hydrogens is 236 g/mol. The Labute approximate surface area is 103 Å². The predicted molar refractivity (Wildman–Crippen MR) is 62.7 cm³/mol. The van der Waals surface area contributed by atoms with Gasteiger partial charge in [0.2, 0.25) is 0 Å². The molecule has 3 heterocycles. The van der Waals surface area contributed by atoms with Crippen molar-refractivity contribution in [1.82, 2.24) is 14.6 Å². The second-order valence-electron chi connectivity index (χ2n) is 4.35. The third kappa shape index (κ3) is 1.64. The van der Waals surface area contributed by atoms with Crippen molar-refractivity contribution >= 4 is 11.3 Å². The zero-order valence-electron chi connectivity index (χ0n) is 9.60. The van der Waals surface area contributed by atoms with Crippen LogP contribution >= 0.6 is 0 Å². The van der Waals surface area contributed by atoms with Gasteiger partial charge in [0.25, 0.3) is 0 Å². The fraction of sp³-hybridized carbons (Fsp3) is 0.455. The summed E-state index contributed by atoms with van der Waals surface area (Å²) in [6.45, 7) is -0.196. The van der Waals surface area contributed by atoms with Gasteiger partial charge in [-0.1, -0.05) is 0 Å². The van der Waals surface area contributed by atoms with Crippen molar-refractivity contribution in [3.05, 3.63) is 24.2 Å². The van der Waals surface area contributed by atoms with Crippen LogP contribution in [0.25, 0.3) is 5.52 Å². The van der Waals surface area contributed by atoms with E-state index < -0.39 is 12.2 Å². The molecule has 4 N–H and O–H groups in total. The van der Waals surface area contributed by atoms with E-state index in [-0.39, 0.29) is 12.7 Å². The van der Waals surface area contributed by atoms with Gasteiger partial charge in [-0.3, -0.25) is 0 Å². The first-order valence-corrected chi connectivity index (χ1v) is 5.73. The third-order valence-electron chi connectivity index (χ3n) is 3.24. The Morgan fingerprint density at radius 1 is 1.50 bits per heavy atom. The largest absolute Gasteiger partial charge is 0.394 e. The molecule has 0 amide bonds. The summed E-state index contributed by atoms with van der Waals surface area (Å²) in [4.78, 5) is 3.91. The zero-order chi connectivity index (χ0) is 12.7. The molecule has 0 aromatic carbocycles. The quantitative estimate of drug-likeness (QED) is 0.663. The molecule has 0 aliphatic carbocycles. The molecule has 0 radical (unpaired) electrons. The highest BCUT2D eigenvalue weighted by Gasteiger charge is 2.35. The van der Waals surface area contributed by atoms with Crippen LogP contribution in [-0.2, 0) is 4.74 Å². The van der Waals surface area contributed by atoms with E-state index in [2.05, 4.69) is 10.1 Å². The molecule has 0 bridgehead atoms. The fourth-order valence-corrected chi connectivity index (χ4v) is 2.30. The number of ether oxygens (including phenoxy) is 1. The Hall–Kier alpha value is -1.70. The van der Waals surface area contributed by atoms with E-state index in [0.717, 1.165) is 5.69 Å². The molecular formula is C11H14N4O3. The van der Waals surface area contributed by atoms with Gasteiger partial charge in [-0.2, -0.15) is 5.10 Å². The highest BCUT2D eigenvalue weighted by atomic mass is 16.5. The molecule has 18 heavy (non-hydrogen) atoms. The second kappa shape index (κ2) is 4.20. The van der Waals surface area contributed by atoms with Gasteiger partial charge in [0.05, 0.1) is 18.4 Å². The molecule has 3 atom stereocenters. The molecule has 1 aliphatic heterocycles. The minimum absolute atomic E-state index is 0.196. The first-order valence-electron chi connectivity index (χ1n) is 5.73. The Morgan fingerprint density at radius 2 is 2.33 bits per heavy atom. The predicted octanol–water partition coefficient (Wildman–Crippen LogP) is -0.505. The molecule has 0 saturated carbocycles. The molecule has 1 saturated heterocycles. The van der Waals surface area contributed by atoms with Crippen LogP contribution < -0.4 is 5.73 Å². The maximum absolute atomic E-state index is 9.73. The molecule has 2 aromatic heterocycles. The Morgan fingerprint density at radius 3 is 3.06 bits per heavy atom. The number of nitrogen functional groups attached to an aromatic ring is 1. The lowest BCUT2D eigenvalue weighted by Crippen LogP contribution is -2.24. The van der Waals surface area contributed by atoms with E-state index in [4.69, 9.17) is 15.6 Å². The fourth-order valence-electron chi connectivity index (χ4n) is 2.30.